The van der Waals surface area contributed by atoms with E-state index < -0.39 is 0 Å². The highest BCUT2D eigenvalue weighted by molar-refractivity contribution is 5.18. The van der Waals surface area contributed by atoms with Crippen molar-refractivity contribution in [3.63, 3.8) is 0 Å². The highest BCUT2D eigenvalue weighted by Gasteiger charge is 2.38. The summed E-state index contributed by atoms with van der Waals surface area (Å²) >= 11 is 0. The van der Waals surface area contributed by atoms with Gasteiger partial charge in [0.2, 0.25) is 0 Å². The summed E-state index contributed by atoms with van der Waals surface area (Å²) in [6.07, 6.45) is 4.79. The number of rotatable bonds is 5. The van der Waals surface area contributed by atoms with E-state index in [1.54, 1.807) is 6.33 Å². The normalized spacial score (nSPS) is 25.6. The SMILES string of the molecule is CCn1ncnc1CN1C[C@@H](c2ccccc2)O[C@@H](C2CC2)C1. The Morgan fingerprint density at radius 3 is 2.74 bits per heavy atom. The molecule has 122 valence electrons. The molecule has 1 aromatic heterocycles. The second-order valence-electron chi connectivity index (χ2n) is 6.60. The maximum Gasteiger partial charge on any atom is 0.140 e. The molecule has 0 bridgehead atoms. The zero-order valence-corrected chi connectivity index (χ0v) is 13.6. The summed E-state index contributed by atoms with van der Waals surface area (Å²) in [5.41, 5.74) is 1.28. The van der Waals surface area contributed by atoms with Crippen LogP contribution in [0.2, 0.25) is 0 Å². The van der Waals surface area contributed by atoms with E-state index in [1.807, 2.05) is 4.68 Å². The lowest BCUT2D eigenvalue weighted by Crippen LogP contribution is -2.44. The fraction of sp³-hybridized carbons (Fsp3) is 0.556. The number of aromatic nitrogens is 3. The number of hydrogen-bond acceptors (Lipinski definition) is 4. The second kappa shape index (κ2) is 6.42. The number of benzene rings is 1. The van der Waals surface area contributed by atoms with Gasteiger partial charge < -0.3 is 4.74 Å². The van der Waals surface area contributed by atoms with Gasteiger partial charge in [-0.2, -0.15) is 5.10 Å². The molecule has 2 atom stereocenters. The maximum absolute atomic E-state index is 6.42. The van der Waals surface area contributed by atoms with E-state index in [4.69, 9.17) is 4.74 Å². The van der Waals surface area contributed by atoms with Crippen LogP contribution in [0.4, 0.5) is 0 Å². The van der Waals surface area contributed by atoms with Crippen LogP contribution in [-0.4, -0.2) is 38.9 Å². The van der Waals surface area contributed by atoms with Gasteiger partial charge in [0.1, 0.15) is 12.2 Å². The highest BCUT2D eigenvalue weighted by atomic mass is 16.5. The molecule has 0 radical (unpaired) electrons. The van der Waals surface area contributed by atoms with Crippen LogP contribution in [0.15, 0.2) is 36.7 Å². The number of morpholine rings is 1. The minimum Gasteiger partial charge on any atom is -0.367 e. The summed E-state index contributed by atoms with van der Waals surface area (Å²) in [7, 11) is 0. The van der Waals surface area contributed by atoms with E-state index >= 15 is 0 Å². The Morgan fingerprint density at radius 1 is 1.17 bits per heavy atom. The van der Waals surface area contributed by atoms with E-state index in [1.165, 1.54) is 18.4 Å². The minimum atomic E-state index is 0.161. The van der Waals surface area contributed by atoms with Gasteiger partial charge in [0.15, 0.2) is 0 Å². The van der Waals surface area contributed by atoms with Crippen molar-refractivity contribution in [2.24, 2.45) is 5.92 Å². The van der Waals surface area contributed by atoms with Crippen molar-refractivity contribution in [2.45, 2.75) is 45.1 Å². The predicted molar refractivity (Wildman–Crippen MR) is 87.8 cm³/mol. The zero-order valence-electron chi connectivity index (χ0n) is 13.6. The Balaban J connectivity index is 1.51. The van der Waals surface area contributed by atoms with Gasteiger partial charge in [0.05, 0.1) is 18.8 Å². The number of hydrogen-bond donors (Lipinski definition) is 0. The summed E-state index contributed by atoms with van der Waals surface area (Å²) in [5, 5.41) is 4.29. The molecule has 1 aliphatic carbocycles. The van der Waals surface area contributed by atoms with Crippen molar-refractivity contribution >= 4 is 0 Å². The first kappa shape index (κ1) is 14.8. The zero-order chi connectivity index (χ0) is 15.6. The predicted octanol–water partition coefficient (Wildman–Crippen LogP) is 2.65. The minimum absolute atomic E-state index is 0.161. The molecule has 1 saturated heterocycles. The van der Waals surface area contributed by atoms with Gasteiger partial charge in [-0.3, -0.25) is 4.90 Å². The molecular formula is C18H24N4O. The van der Waals surface area contributed by atoms with Crippen molar-refractivity contribution in [1.82, 2.24) is 19.7 Å². The molecule has 1 aromatic carbocycles. The van der Waals surface area contributed by atoms with Crippen molar-refractivity contribution in [1.29, 1.82) is 0 Å². The van der Waals surface area contributed by atoms with Crippen LogP contribution in [-0.2, 0) is 17.8 Å². The van der Waals surface area contributed by atoms with Gasteiger partial charge in [0.25, 0.3) is 0 Å². The lowest BCUT2D eigenvalue weighted by atomic mass is 10.0. The van der Waals surface area contributed by atoms with Gasteiger partial charge in [-0.1, -0.05) is 30.3 Å². The Kier molecular flexibility index (Phi) is 4.14. The van der Waals surface area contributed by atoms with Crippen LogP contribution in [0, 0.1) is 5.92 Å². The van der Waals surface area contributed by atoms with Crippen molar-refractivity contribution < 1.29 is 4.74 Å². The summed E-state index contributed by atoms with van der Waals surface area (Å²) in [5.74, 6) is 1.80. The molecule has 5 nitrogen and oxygen atoms in total. The molecule has 2 heterocycles. The fourth-order valence-electron chi connectivity index (χ4n) is 3.44. The summed E-state index contributed by atoms with van der Waals surface area (Å²) in [6, 6.07) is 10.6. The molecular weight excluding hydrogens is 288 g/mol. The number of nitrogens with zero attached hydrogens (tertiary/aromatic N) is 4. The average molecular weight is 312 g/mol. The Labute approximate surface area is 137 Å². The molecule has 1 saturated carbocycles. The van der Waals surface area contributed by atoms with Crippen molar-refractivity contribution in [3.05, 3.63) is 48.0 Å². The summed E-state index contributed by atoms with van der Waals surface area (Å²) in [6.45, 7) is 5.75. The van der Waals surface area contributed by atoms with Crippen molar-refractivity contribution in [3.8, 4) is 0 Å². The molecule has 0 unspecified atom stereocenters. The summed E-state index contributed by atoms with van der Waals surface area (Å²) in [4.78, 5) is 6.92. The third-order valence-electron chi connectivity index (χ3n) is 4.88. The van der Waals surface area contributed by atoms with Gasteiger partial charge in [-0.25, -0.2) is 9.67 Å². The van der Waals surface area contributed by atoms with Crippen LogP contribution in [0.1, 0.15) is 37.3 Å². The van der Waals surface area contributed by atoms with Gasteiger partial charge in [-0.15, -0.1) is 0 Å². The van der Waals surface area contributed by atoms with E-state index in [0.717, 1.165) is 37.9 Å². The standard InChI is InChI=1S/C18H24N4O/c1-2-22-18(19-13-20-22)12-21-10-16(14-6-4-3-5-7-14)23-17(11-21)15-8-9-15/h3-7,13,15-17H,2,8-12H2,1H3/t16-,17+/m0/s1. The van der Waals surface area contributed by atoms with Crippen LogP contribution in [0.5, 0.6) is 0 Å². The van der Waals surface area contributed by atoms with Crippen LogP contribution < -0.4 is 0 Å². The molecule has 0 amide bonds. The van der Waals surface area contributed by atoms with Crippen molar-refractivity contribution in [2.75, 3.05) is 13.1 Å². The van der Waals surface area contributed by atoms with Gasteiger partial charge in [0, 0.05) is 19.6 Å². The smallest absolute Gasteiger partial charge is 0.140 e. The average Bonchev–Trinajstić information content (AvgIpc) is 3.36. The van der Waals surface area contributed by atoms with Gasteiger partial charge >= 0.3 is 0 Å². The van der Waals surface area contributed by atoms with Crippen LogP contribution in [0.3, 0.4) is 0 Å². The Morgan fingerprint density at radius 2 is 2.00 bits per heavy atom. The van der Waals surface area contributed by atoms with Crippen LogP contribution >= 0.6 is 0 Å². The topological polar surface area (TPSA) is 43.2 Å². The first-order chi connectivity index (χ1) is 11.3. The number of ether oxygens (including phenoxy) is 1. The van der Waals surface area contributed by atoms with E-state index in [9.17, 15) is 0 Å². The molecule has 1 aliphatic heterocycles. The molecule has 23 heavy (non-hydrogen) atoms. The molecule has 2 aromatic rings. The van der Waals surface area contributed by atoms with E-state index in [-0.39, 0.29) is 6.10 Å². The molecule has 5 heteroatoms. The second-order valence-corrected chi connectivity index (χ2v) is 6.60. The van der Waals surface area contributed by atoms with Crippen LogP contribution in [0.25, 0.3) is 0 Å². The lowest BCUT2D eigenvalue weighted by Gasteiger charge is -2.38. The third-order valence-corrected chi connectivity index (χ3v) is 4.88. The van der Waals surface area contributed by atoms with E-state index in [0.29, 0.717) is 6.10 Å². The maximum atomic E-state index is 6.42. The number of aryl methyl sites for hydroxylation is 1. The van der Waals surface area contributed by atoms with E-state index in [2.05, 4.69) is 52.2 Å². The third kappa shape index (κ3) is 3.31. The molecule has 0 spiro atoms. The summed E-state index contributed by atoms with van der Waals surface area (Å²) < 4.78 is 8.40. The molecule has 2 fully saturated rings. The largest absolute Gasteiger partial charge is 0.367 e. The monoisotopic (exact) mass is 312 g/mol. The Bertz CT molecular complexity index is 637. The fourth-order valence-corrected chi connectivity index (χ4v) is 3.44. The first-order valence-corrected chi connectivity index (χ1v) is 8.63. The Hall–Kier alpha value is -1.72. The quantitative estimate of drug-likeness (QED) is 0.851. The first-order valence-electron chi connectivity index (χ1n) is 8.63. The highest BCUT2D eigenvalue weighted by Crippen LogP contribution is 2.39. The molecule has 0 N–H and O–H groups in total. The molecule has 4 rings (SSSR count). The molecule has 2 aliphatic rings. The van der Waals surface area contributed by atoms with Gasteiger partial charge in [-0.05, 0) is 31.2 Å². The lowest BCUT2D eigenvalue weighted by molar-refractivity contribution is -0.0993.